The van der Waals surface area contributed by atoms with Gasteiger partial charge in [0, 0.05) is 30.9 Å². The summed E-state index contributed by atoms with van der Waals surface area (Å²) < 4.78 is 5.46. The van der Waals surface area contributed by atoms with Crippen molar-refractivity contribution in [2.45, 2.75) is 12.8 Å². The van der Waals surface area contributed by atoms with Crippen LogP contribution in [0, 0.1) is 21.4 Å². The van der Waals surface area contributed by atoms with Gasteiger partial charge in [-0.05, 0) is 51.7 Å². The highest BCUT2D eigenvalue weighted by Gasteiger charge is 2.18. The number of hydrogen-bond donors (Lipinski definition) is 2. The fourth-order valence-corrected chi connectivity index (χ4v) is 3.28. The van der Waals surface area contributed by atoms with E-state index in [9.17, 15) is 14.9 Å². The van der Waals surface area contributed by atoms with Crippen molar-refractivity contribution in [3.8, 4) is 17.3 Å². The van der Waals surface area contributed by atoms with Crippen LogP contribution in [-0.4, -0.2) is 71.1 Å². The van der Waals surface area contributed by atoms with Gasteiger partial charge in [-0.25, -0.2) is 19.7 Å². The molecule has 192 valence electrons. The summed E-state index contributed by atoms with van der Waals surface area (Å²) in [6, 6.07) is 11.7. The number of rotatable bonds is 13. The Morgan fingerprint density at radius 3 is 2.49 bits per heavy atom. The summed E-state index contributed by atoms with van der Waals surface area (Å²) in [5.74, 6) is 0.289. The number of nitriles is 1. The van der Waals surface area contributed by atoms with Gasteiger partial charge in [-0.2, -0.15) is 5.26 Å². The van der Waals surface area contributed by atoms with Crippen LogP contribution in [0.15, 0.2) is 48.8 Å². The summed E-state index contributed by atoms with van der Waals surface area (Å²) in [5, 5.41) is 26.0. The molecule has 0 saturated heterocycles. The van der Waals surface area contributed by atoms with Crippen LogP contribution in [0.4, 0.5) is 17.5 Å². The average molecular weight is 505 g/mol. The molecule has 0 aliphatic rings. The van der Waals surface area contributed by atoms with Gasteiger partial charge in [-0.15, -0.1) is 0 Å². The van der Waals surface area contributed by atoms with E-state index in [2.05, 4.69) is 36.6 Å². The highest BCUT2D eigenvalue weighted by Crippen LogP contribution is 2.24. The van der Waals surface area contributed by atoms with Gasteiger partial charge in [0.1, 0.15) is 17.6 Å². The topological polar surface area (TPSA) is 159 Å². The number of nitro groups is 1. The second-order valence-electron chi connectivity index (χ2n) is 8.30. The monoisotopic (exact) mass is 504 g/mol. The van der Waals surface area contributed by atoms with Crippen LogP contribution in [0.1, 0.15) is 28.8 Å². The van der Waals surface area contributed by atoms with E-state index in [-0.39, 0.29) is 11.3 Å². The number of anilines is 2. The normalized spacial score (nSPS) is 10.5. The zero-order valence-electron chi connectivity index (χ0n) is 20.7. The molecule has 0 atom stereocenters. The molecule has 0 radical (unpaired) electrons. The molecule has 2 heterocycles. The van der Waals surface area contributed by atoms with E-state index in [1.54, 1.807) is 24.3 Å². The lowest BCUT2D eigenvalue weighted by Crippen LogP contribution is -2.17. The van der Waals surface area contributed by atoms with Crippen molar-refractivity contribution in [2.24, 2.45) is 0 Å². The Hall–Kier alpha value is -4.63. The van der Waals surface area contributed by atoms with Gasteiger partial charge >= 0.3 is 5.97 Å². The van der Waals surface area contributed by atoms with Crippen LogP contribution in [0.2, 0.25) is 0 Å². The number of ether oxygens (including phenoxy) is 1. The van der Waals surface area contributed by atoms with E-state index in [1.807, 2.05) is 14.1 Å². The Balaban J connectivity index is 1.66. The molecule has 0 fully saturated rings. The van der Waals surface area contributed by atoms with Crippen molar-refractivity contribution in [3.63, 3.8) is 0 Å². The van der Waals surface area contributed by atoms with Crippen molar-refractivity contribution < 1.29 is 14.5 Å². The number of carbonyl (C=O) groups excluding carboxylic acids is 1. The van der Waals surface area contributed by atoms with Crippen LogP contribution in [0.5, 0.6) is 0 Å². The molecule has 0 saturated carbocycles. The second kappa shape index (κ2) is 13.5. The summed E-state index contributed by atoms with van der Waals surface area (Å²) in [5.41, 5.74) is 1.69. The van der Waals surface area contributed by atoms with Gasteiger partial charge in [-0.1, -0.05) is 12.1 Å². The molecule has 0 aliphatic carbocycles. The first kappa shape index (κ1) is 27.0. The molecule has 12 heteroatoms. The van der Waals surface area contributed by atoms with Gasteiger partial charge in [0.25, 0.3) is 5.69 Å². The number of unbranched alkanes of at least 4 members (excludes halogenated alkanes) is 1. The standard InChI is InChI=1S/C25H28N8O4/c1-32(2)13-3-4-14-37-24(34)21-17-30-25(31-23(21)19-7-5-18(15-26)6-8-19)28-12-11-27-22-10-9-20(16-29-22)33(35)36/h5-10,16-17H,3-4,11-14H2,1-2H3,(H,27,29)(H,28,30,31). The lowest BCUT2D eigenvalue weighted by molar-refractivity contribution is -0.385. The van der Waals surface area contributed by atoms with Crippen molar-refractivity contribution >= 4 is 23.4 Å². The first-order valence-corrected chi connectivity index (χ1v) is 11.6. The molecular weight excluding hydrogens is 476 g/mol. The number of esters is 1. The fourth-order valence-electron chi connectivity index (χ4n) is 3.28. The summed E-state index contributed by atoms with van der Waals surface area (Å²) in [6.45, 7) is 2.06. The van der Waals surface area contributed by atoms with Crippen LogP contribution in [0.25, 0.3) is 11.3 Å². The Morgan fingerprint density at radius 1 is 1.08 bits per heavy atom. The minimum atomic E-state index is -0.512. The van der Waals surface area contributed by atoms with Crippen molar-refractivity contribution in [1.29, 1.82) is 5.26 Å². The molecule has 0 amide bonds. The van der Waals surface area contributed by atoms with E-state index in [0.717, 1.165) is 19.4 Å². The zero-order valence-corrected chi connectivity index (χ0v) is 20.7. The number of benzene rings is 1. The quantitative estimate of drug-likeness (QED) is 0.152. The molecule has 37 heavy (non-hydrogen) atoms. The third-order valence-electron chi connectivity index (χ3n) is 5.20. The van der Waals surface area contributed by atoms with Gasteiger partial charge < -0.3 is 20.3 Å². The van der Waals surface area contributed by atoms with E-state index in [4.69, 9.17) is 10.00 Å². The number of nitrogens with one attached hydrogen (secondary N) is 2. The highest BCUT2D eigenvalue weighted by atomic mass is 16.6. The number of carbonyl (C=O) groups is 1. The van der Waals surface area contributed by atoms with E-state index in [1.165, 1.54) is 24.5 Å². The summed E-state index contributed by atoms with van der Waals surface area (Å²) >= 11 is 0. The Bertz CT molecular complexity index is 1240. The van der Waals surface area contributed by atoms with Crippen LogP contribution in [-0.2, 0) is 4.74 Å². The smallest absolute Gasteiger partial charge is 0.341 e. The van der Waals surface area contributed by atoms with E-state index in [0.29, 0.717) is 48.3 Å². The average Bonchev–Trinajstić information content (AvgIpc) is 2.91. The molecule has 0 unspecified atom stereocenters. The molecule has 12 nitrogen and oxygen atoms in total. The molecule has 0 spiro atoms. The molecule has 3 rings (SSSR count). The van der Waals surface area contributed by atoms with Gasteiger partial charge in [0.2, 0.25) is 5.95 Å². The molecule has 2 N–H and O–H groups in total. The number of aromatic nitrogens is 3. The van der Waals surface area contributed by atoms with Gasteiger partial charge in [0.05, 0.1) is 28.9 Å². The first-order chi connectivity index (χ1) is 17.9. The minimum absolute atomic E-state index is 0.0837. The van der Waals surface area contributed by atoms with Crippen LogP contribution >= 0.6 is 0 Å². The fraction of sp³-hybridized carbons (Fsp3) is 0.320. The number of nitrogens with zero attached hydrogens (tertiary/aromatic N) is 6. The lowest BCUT2D eigenvalue weighted by Gasteiger charge is -2.12. The number of pyridine rings is 1. The largest absolute Gasteiger partial charge is 0.462 e. The van der Waals surface area contributed by atoms with Crippen molar-refractivity contribution in [2.75, 3.05) is 51.0 Å². The summed E-state index contributed by atoms with van der Waals surface area (Å²) in [7, 11) is 3.98. The Morgan fingerprint density at radius 2 is 1.84 bits per heavy atom. The molecule has 3 aromatic rings. The van der Waals surface area contributed by atoms with Gasteiger partial charge in [0.15, 0.2) is 0 Å². The zero-order chi connectivity index (χ0) is 26.6. The van der Waals surface area contributed by atoms with Crippen LogP contribution in [0.3, 0.4) is 0 Å². The second-order valence-corrected chi connectivity index (χ2v) is 8.30. The molecule has 1 aromatic carbocycles. The van der Waals surface area contributed by atoms with Crippen LogP contribution < -0.4 is 10.6 Å². The van der Waals surface area contributed by atoms with Gasteiger partial charge in [-0.3, -0.25) is 10.1 Å². The molecule has 0 bridgehead atoms. The first-order valence-electron chi connectivity index (χ1n) is 11.6. The Labute approximate surface area is 214 Å². The summed E-state index contributed by atoms with van der Waals surface area (Å²) in [6.07, 6.45) is 4.26. The Kier molecular flexibility index (Phi) is 9.81. The maximum absolute atomic E-state index is 12.8. The van der Waals surface area contributed by atoms with E-state index < -0.39 is 10.9 Å². The predicted octanol–water partition coefficient (Wildman–Crippen LogP) is 3.34. The molecular formula is C25H28N8O4. The molecule has 0 aliphatic heterocycles. The third kappa shape index (κ3) is 8.22. The predicted molar refractivity (Wildman–Crippen MR) is 138 cm³/mol. The minimum Gasteiger partial charge on any atom is -0.462 e. The maximum Gasteiger partial charge on any atom is 0.341 e. The van der Waals surface area contributed by atoms with Crippen molar-refractivity contribution in [1.82, 2.24) is 19.9 Å². The summed E-state index contributed by atoms with van der Waals surface area (Å²) in [4.78, 5) is 37.9. The third-order valence-corrected chi connectivity index (χ3v) is 5.20. The SMILES string of the molecule is CN(C)CCCCOC(=O)c1cnc(NCCNc2ccc([N+](=O)[O-])cn2)nc1-c1ccc(C#N)cc1. The number of hydrogen-bond acceptors (Lipinski definition) is 11. The maximum atomic E-state index is 12.8. The van der Waals surface area contributed by atoms with Crippen molar-refractivity contribution in [3.05, 3.63) is 70.0 Å². The highest BCUT2D eigenvalue weighted by molar-refractivity contribution is 5.96. The van der Waals surface area contributed by atoms with E-state index >= 15 is 0 Å². The lowest BCUT2D eigenvalue weighted by atomic mass is 10.1. The molecule has 2 aromatic heterocycles.